The van der Waals surface area contributed by atoms with Crippen LogP contribution in [0, 0.1) is 50.7 Å². The minimum Gasteiger partial charge on any atom is -0.299 e. The Balaban J connectivity index is 1.54. The molecule has 0 unspecified atom stereocenters. The Morgan fingerprint density at radius 2 is 1.29 bits per heavy atom. The first kappa shape index (κ1) is 22.7. The Hall–Kier alpha value is -0.0400. The highest BCUT2D eigenvalue weighted by Crippen LogP contribution is 2.77. The lowest BCUT2D eigenvalue weighted by molar-refractivity contribution is -0.243. The van der Waals surface area contributed by atoms with E-state index in [9.17, 15) is 4.79 Å². The van der Waals surface area contributed by atoms with Crippen molar-refractivity contribution in [1.29, 1.82) is 0 Å². The molecule has 5 aliphatic carbocycles. The molecule has 0 aromatic rings. The Morgan fingerprint density at radius 3 is 2.00 bits per heavy atom. The average molecular weight is 447 g/mol. The van der Waals surface area contributed by atoms with E-state index in [0.717, 1.165) is 24.7 Å². The van der Waals surface area contributed by atoms with Gasteiger partial charge in [-0.1, -0.05) is 48.5 Å². The first-order valence-corrected chi connectivity index (χ1v) is 13.8. The predicted molar refractivity (Wildman–Crippen MR) is 130 cm³/mol. The van der Waals surface area contributed by atoms with Gasteiger partial charge in [0.05, 0.1) is 0 Å². The second-order valence-electron chi connectivity index (χ2n) is 14.6. The maximum Gasteiger partial charge on any atom is 0.136 e. The van der Waals surface area contributed by atoms with Crippen LogP contribution in [0.3, 0.4) is 0 Å². The number of carbonyl (C=O) groups is 1. The van der Waals surface area contributed by atoms with Crippen LogP contribution in [0.25, 0.3) is 0 Å². The van der Waals surface area contributed by atoms with Crippen molar-refractivity contribution in [2.24, 2.45) is 50.7 Å². The molecule has 1 nitrogen and oxygen atoms in total. The number of halogens is 1. The molecule has 176 valence electrons. The largest absolute Gasteiger partial charge is 0.299 e. The van der Waals surface area contributed by atoms with Gasteiger partial charge in [0.1, 0.15) is 5.78 Å². The first-order valence-electron chi connectivity index (χ1n) is 13.4. The summed E-state index contributed by atoms with van der Waals surface area (Å²) in [5.41, 5.74) is 1.68. The molecule has 0 aliphatic heterocycles. The van der Waals surface area contributed by atoms with Crippen LogP contribution in [0.15, 0.2) is 0 Å². The third-order valence-corrected chi connectivity index (χ3v) is 14.1. The van der Waals surface area contributed by atoms with Crippen molar-refractivity contribution in [1.82, 2.24) is 0 Å². The molecule has 0 amide bonds. The molecule has 0 saturated heterocycles. The Labute approximate surface area is 196 Å². The highest BCUT2D eigenvalue weighted by atomic mass is 35.5. The van der Waals surface area contributed by atoms with Gasteiger partial charge < -0.3 is 0 Å². The lowest BCUT2D eigenvalue weighted by Gasteiger charge is -2.74. The van der Waals surface area contributed by atoms with Gasteiger partial charge in [-0.2, -0.15) is 0 Å². The highest BCUT2D eigenvalue weighted by Gasteiger charge is 2.71. The highest BCUT2D eigenvalue weighted by molar-refractivity contribution is 6.24. The van der Waals surface area contributed by atoms with Crippen molar-refractivity contribution >= 4 is 17.4 Å². The molecule has 9 atom stereocenters. The number of Topliss-reactive ketones (excluding diaryl/α,β-unsaturated/α-hetero) is 1. The van der Waals surface area contributed by atoms with E-state index in [1.54, 1.807) is 0 Å². The first-order chi connectivity index (χ1) is 14.2. The van der Waals surface area contributed by atoms with Crippen molar-refractivity contribution in [2.75, 3.05) is 0 Å². The quantitative estimate of drug-likeness (QED) is 0.341. The van der Waals surface area contributed by atoms with E-state index in [-0.39, 0.29) is 16.2 Å². The zero-order valence-electron chi connectivity index (χ0n) is 21.4. The fourth-order valence-corrected chi connectivity index (χ4v) is 11.0. The Kier molecular flexibility index (Phi) is 4.80. The summed E-state index contributed by atoms with van der Waals surface area (Å²) in [6, 6.07) is 0. The van der Waals surface area contributed by atoms with Crippen molar-refractivity contribution in [3.05, 3.63) is 0 Å². The van der Waals surface area contributed by atoms with Crippen LogP contribution in [-0.4, -0.2) is 10.7 Å². The standard InChI is InChI=1S/C29H47ClO/c1-19-22(31)10-11-27(6)23-9-8-20-21-18-24(2,3)12-16-29(21,30)17-15-26(20,5)28(23,7)14-13-25(19,27)4/h19-21,23H,8-18H2,1-7H3/t19-,20+,21+,23-,25+,26+,27+,28+,29-/m0/s1. The molecular weight excluding hydrogens is 400 g/mol. The normalized spacial score (nSPS) is 58.5. The molecular formula is C29H47ClO. The molecule has 31 heavy (non-hydrogen) atoms. The van der Waals surface area contributed by atoms with Gasteiger partial charge in [0.15, 0.2) is 0 Å². The molecule has 0 N–H and O–H groups in total. The van der Waals surface area contributed by atoms with Crippen molar-refractivity contribution in [3.8, 4) is 0 Å². The van der Waals surface area contributed by atoms with Gasteiger partial charge in [0.2, 0.25) is 0 Å². The van der Waals surface area contributed by atoms with Crippen LogP contribution < -0.4 is 0 Å². The fraction of sp³-hybridized carbons (Fsp3) is 0.966. The number of hydrogen-bond acceptors (Lipinski definition) is 1. The summed E-state index contributed by atoms with van der Waals surface area (Å²) >= 11 is 7.46. The molecule has 0 radical (unpaired) electrons. The maximum atomic E-state index is 12.8. The van der Waals surface area contributed by atoms with Crippen LogP contribution in [-0.2, 0) is 4.79 Å². The van der Waals surface area contributed by atoms with Crippen molar-refractivity contribution in [2.45, 2.75) is 124 Å². The van der Waals surface area contributed by atoms with Crippen LogP contribution in [0.1, 0.15) is 119 Å². The fourth-order valence-electron chi connectivity index (χ4n) is 10.6. The minimum atomic E-state index is 0.0573. The maximum absolute atomic E-state index is 12.8. The number of rotatable bonds is 0. The van der Waals surface area contributed by atoms with Gasteiger partial charge in [-0.25, -0.2) is 0 Å². The minimum absolute atomic E-state index is 0.0573. The van der Waals surface area contributed by atoms with E-state index in [0.29, 0.717) is 33.4 Å². The summed E-state index contributed by atoms with van der Waals surface area (Å²) in [5.74, 6) is 2.95. The van der Waals surface area contributed by atoms with Crippen LogP contribution in [0.5, 0.6) is 0 Å². The van der Waals surface area contributed by atoms with Gasteiger partial charge in [0.25, 0.3) is 0 Å². The SMILES string of the molecule is C[C@H]1C(=O)CC[C@]2(C)[C@@H]3CC[C@@H]4[C@H]5CC(C)(C)CC[C@]5(Cl)CC[C@@]4(C)[C@]3(C)CC[C@]12C. The van der Waals surface area contributed by atoms with Gasteiger partial charge in [-0.05, 0) is 109 Å². The Morgan fingerprint density at radius 1 is 0.710 bits per heavy atom. The summed E-state index contributed by atoms with van der Waals surface area (Å²) in [4.78, 5) is 12.8. The monoisotopic (exact) mass is 446 g/mol. The summed E-state index contributed by atoms with van der Waals surface area (Å²) in [6.45, 7) is 17.7. The van der Waals surface area contributed by atoms with Crippen molar-refractivity contribution < 1.29 is 4.79 Å². The molecule has 0 bridgehead atoms. The topological polar surface area (TPSA) is 17.1 Å². The molecule has 0 aromatic heterocycles. The Bertz CT molecular complexity index is 788. The second-order valence-corrected chi connectivity index (χ2v) is 15.4. The van der Waals surface area contributed by atoms with Crippen LogP contribution >= 0.6 is 11.6 Å². The third kappa shape index (κ3) is 2.71. The van der Waals surface area contributed by atoms with Gasteiger partial charge >= 0.3 is 0 Å². The molecule has 0 heterocycles. The molecule has 2 heteroatoms. The third-order valence-electron chi connectivity index (χ3n) is 13.4. The molecule has 5 fully saturated rings. The van der Waals surface area contributed by atoms with Crippen LogP contribution in [0.4, 0.5) is 0 Å². The zero-order valence-corrected chi connectivity index (χ0v) is 22.1. The second kappa shape index (κ2) is 6.55. The van der Waals surface area contributed by atoms with E-state index >= 15 is 0 Å². The lowest BCUT2D eigenvalue weighted by Crippen LogP contribution is -2.68. The molecule has 5 saturated carbocycles. The summed E-state index contributed by atoms with van der Waals surface area (Å²) < 4.78 is 0. The average Bonchev–Trinajstić information content (AvgIpc) is 2.70. The molecule has 5 aliphatic rings. The number of hydrogen-bond donors (Lipinski definition) is 0. The van der Waals surface area contributed by atoms with E-state index in [1.807, 2.05) is 0 Å². The number of carbonyl (C=O) groups excluding carboxylic acids is 1. The summed E-state index contributed by atoms with van der Waals surface area (Å²) in [7, 11) is 0. The molecule has 5 rings (SSSR count). The number of alkyl halides is 1. The molecule has 0 spiro atoms. The van der Waals surface area contributed by atoms with E-state index < -0.39 is 0 Å². The van der Waals surface area contributed by atoms with Crippen LogP contribution in [0.2, 0.25) is 0 Å². The van der Waals surface area contributed by atoms with E-state index in [4.69, 9.17) is 11.6 Å². The molecule has 0 aromatic carbocycles. The number of fused-ring (bicyclic) bond motifs is 7. The summed E-state index contributed by atoms with van der Waals surface area (Å²) in [6.07, 6.45) is 13.5. The van der Waals surface area contributed by atoms with E-state index in [2.05, 4.69) is 48.5 Å². The lowest BCUT2D eigenvalue weighted by atomic mass is 9.31. The van der Waals surface area contributed by atoms with Gasteiger partial charge in [0, 0.05) is 17.2 Å². The summed E-state index contributed by atoms with van der Waals surface area (Å²) in [5, 5.41) is 0. The van der Waals surface area contributed by atoms with Gasteiger partial charge in [-0.3, -0.25) is 4.79 Å². The van der Waals surface area contributed by atoms with Gasteiger partial charge in [-0.15, -0.1) is 11.6 Å². The van der Waals surface area contributed by atoms with Crippen molar-refractivity contribution in [3.63, 3.8) is 0 Å². The predicted octanol–water partition coefficient (Wildman–Crippen LogP) is 8.43. The zero-order chi connectivity index (χ0) is 22.7. The smallest absolute Gasteiger partial charge is 0.136 e. The number of ketones is 1. The van der Waals surface area contributed by atoms with E-state index in [1.165, 1.54) is 57.8 Å².